The molecule has 0 saturated carbocycles. The Balaban J connectivity index is 1.48. The lowest BCUT2D eigenvalue weighted by molar-refractivity contribution is -0.207. The second-order valence-corrected chi connectivity index (χ2v) is 12.1. The zero-order valence-electron chi connectivity index (χ0n) is 20.5. The van der Waals surface area contributed by atoms with E-state index < -0.39 is 41.9 Å². The molecule has 4 rings (SSSR count). The summed E-state index contributed by atoms with van der Waals surface area (Å²) in [5.74, 6) is 2.01. The number of ether oxygens (including phenoxy) is 2. The molecule has 0 aromatic heterocycles. The molecule has 0 radical (unpaired) electrons. The summed E-state index contributed by atoms with van der Waals surface area (Å²) >= 11 is 1.42. The van der Waals surface area contributed by atoms with Crippen molar-refractivity contribution in [1.82, 2.24) is 10.6 Å². The number of carbonyl (C=O) groups excluding carboxylic acids is 1. The molecule has 5 unspecified atom stereocenters. The summed E-state index contributed by atoms with van der Waals surface area (Å²) in [6.07, 6.45) is 3.36. The standard InChI is InChI=1S/C25H42N2O6S/c1-13(2)10-15-7-8-32-22-16(11-15)12-26-18(22)24(31)27-17-14(3)6-4-5-9-34-25-21(30)19(28)20(29)23(17)33-25/h4,6,13-23,25-26,28-30H,5,7-12H2,1-3H3,(H,27,31)/b6-4+/t14-,15-,16-,17+,18-,19?,20?,21?,22+,23?,25?/m0/s1. The van der Waals surface area contributed by atoms with Crippen LogP contribution in [0.4, 0.5) is 0 Å². The number of aliphatic hydroxyl groups excluding tert-OH is 3. The van der Waals surface area contributed by atoms with Gasteiger partial charge < -0.3 is 35.4 Å². The van der Waals surface area contributed by atoms with Crippen molar-refractivity contribution in [3.05, 3.63) is 12.2 Å². The summed E-state index contributed by atoms with van der Waals surface area (Å²) in [4.78, 5) is 13.5. The van der Waals surface area contributed by atoms with Crippen LogP contribution in [0.3, 0.4) is 0 Å². The van der Waals surface area contributed by atoms with Crippen LogP contribution in [0.2, 0.25) is 0 Å². The molecule has 1 amide bonds. The lowest BCUT2D eigenvalue weighted by Crippen LogP contribution is -2.65. The van der Waals surface area contributed by atoms with Crippen LogP contribution >= 0.6 is 11.8 Å². The van der Waals surface area contributed by atoms with E-state index >= 15 is 0 Å². The Kier molecular flexibility index (Phi) is 8.99. The summed E-state index contributed by atoms with van der Waals surface area (Å²) < 4.78 is 12.3. The molecule has 5 N–H and O–H groups in total. The smallest absolute Gasteiger partial charge is 0.240 e. The highest BCUT2D eigenvalue weighted by molar-refractivity contribution is 7.99. The molecule has 2 bridgehead atoms. The first-order chi connectivity index (χ1) is 16.3. The third kappa shape index (κ3) is 5.82. The summed E-state index contributed by atoms with van der Waals surface area (Å²) in [6, 6.07) is -1.02. The topological polar surface area (TPSA) is 120 Å². The van der Waals surface area contributed by atoms with Gasteiger partial charge in [0, 0.05) is 13.2 Å². The zero-order chi connectivity index (χ0) is 24.4. The van der Waals surface area contributed by atoms with Crippen LogP contribution in [0, 0.1) is 23.7 Å². The molecule has 3 fully saturated rings. The number of rotatable bonds is 4. The Hall–Kier alpha value is -0.680. The minimum atomic E-state index is -1.33. The van der Waals surface area contributed by atoms with Gasteiger partial charge in [-0.1, -0.05) is 32.9 Å². The minimum absolute atomic E-state index is 0.127. The van der Waals surface area contributed by atoms with Crippen molar-refractivity contribution >= 4 is 17.7 Å². The Labute approximate surface area is 207 Å². The molecule has 4 heterocycles. The van der Waals surface area contributed by atoms with Crippen LogP contribution < -0.4 is 10.6 Å². The third-order valence-corrected chi connectivity index (χ3v) is 8.98. The largest absolute Gasteiger partial charge is 0.388 e. The number of amides is 1. The van der Waals surface area contributed by atoms with Crippen molar-refractivity contribution in [2.75, 3.05) is 18.9 Å². The van der Waals surface area contributed by atoms with E-state index in [0.717, 1.165) is 31.6 Å². The van der Waals surface area contributed by atoms with E-state index in [4.69, 9.17) is 9.47 Å². The number of nitrogens with one attached hydrogen (secondary N) is 2. The van der Waals surface area contributed by atoms with Crippen LogP contribution in [0.25, 0.3) is 0 Å². The van der Waals surface area contributed by atoms with Gasteiger partial charge in [0.15, 0.2) is 0 Å². The summed E-state index contributed by atoms with van der Waals surface area (Å²) in [5, 5.41) is 38.2. The maximum absolute atomic E-state index is 13.5. The molecular formula is C25H42N2O6S. The van der Waals surface area contributed by atoms with Crippen molar-refractivity contribution in [2.24, 2.45) is 23.7 Å². The van der Waals surface area contributed by atoms with Crippen LogP contribution in [0.15, 0.2) is 12.2 Å². The van der Waals surface area contributed by atoms with E-state index in [-0.39, 0.29) is 17.9 Å². The normalized spacial score (nSPS) is 46.4. The summed E-state index contributed by atoms with van der Waals surface area (Å²) in [6.45, 7) is 7.90. The van der Waals surface area contributed by atoms with Gasteiger partial charge in [0.1, 0.15) is 35.9 Å². The predicted octanol–water partition coefficient (Wildman–Crippen LogP) is 1.04. The number of fused-ring (bicyclic) bond motifs is 3. The highest BCUT2D eigenvalue weighted by Gasteiger charge is 2.49. The Morgan fingerprint density at radius 1 is 1.21 bits per heavy atom. The van der Waals surface area contributed by atoms with Crippen molar-refractivity contribution < 1.29 is 29.6 Å². The van der Waals surface area contributed by atoms with Crippen molar-refractivity contribution in [3.63, 3.8) is 0 Å². The fraction of sp³-hybridized carbons (Fsp3) is 0.880. The number of hydrogen-bond acceptors (Lipinski definition) is 8. The first-order valence-corrected chi connectivity index (χ1v) is 13.9. The van der Waals surface area contributed by atoms with Gasteiger partial charge in [0.05, 0.1) is 12.1 Å². The lowest BCUT2D eigenvalue weighted by atomic mass is 9.85. The third-order valence-electron chi connectivity index (χ3n) is 7.79. The molecule has 9 heteroatoms. The van der Waals surface area contributed by atoms with Gasteiger partial charge in [-0.25, -0.2) is 0 Å². The van der Waals surface area contributed by atoms with E-state index in [0.29, 0.717) is 24.4 Å². The molecule has 11 atom stereocenters. The van der Waals surface area contributed by atoms with Gasteiger partial charge in [0.2, 0.25) is 5.91 Å². The molecule has 3 saturated heterocycles. The molecule has 0 spiro atoms. The highest BCUT2D eigenvalue weighted by atomic mass is 32.2. The van der Waals surface area contributed by atoms with Crippen LogP contribution in [-0.2, 0) is 14.3 Å². The molecule has 194 valence electrons. The fourth-order valence-electron chi connectivity index (χ4n) is 6.03. The summed E-state index contributed by atoms with van der Waals surface area (Å²) in [7, 11) is 0. The van der Waals surface area contributed by atoms with Gasteiger partial charge >= 0.3 is 0 Å². The first kappa shape index (κ1) is 26.4. The monoisotopic (exact) mass is 498 g/mol. The van der Waals surface area contributed by atoms with E-state index in [1.807, 2.05) is 13.0 Å². The van der Waals surface area contributed by atoms with E-state index in [1.165, 1.54) is 18.2 Å². The minimum Gasteiger partial charge on any atom is -0.388 e. The Morgan fingerprint density at radius 3 is 2.76 bits per heavy atom. The van der Waals surface area contributed by atoms with Crippen molar-refractivity contribution in [3.8, 4) is 0 Å². The predicted molar refractivity (Wildman–Crippen MR) is 131 cm³/mol. The van der Waals surface area contributed by atoms with Crippen LogP contribution in [0.1, 0.15) is 46.5 Å². The average Bonchev–Trinajstić information content (AvgIpc) is 3.08. The van der Waals surface area contributed by atoms with E-state index in [2.05, 4.69) is 30.6 Å². The number of carbonyl (C=O) groups is 1. The average molecular weight is 499 g/mol. The number of aliphatic hydroxyl groups is 3. The molecule has 34 heavy (non-hydrogen) atoms. The van der Waals surface area contributed by atoms with Crippen LogP contribution in [0.5, 0.6) is 0 Å². The Morgan fingerprint density at radius 2 is 2.00 bits per heavy atom. The van der Waals surface area contributed by atoms with E-state index in [9.17, 15) is 20.1 Å². The second kappa shape index (κ2) is 11.6. The van der Waals surface area contributed by atoms with Crippen LogP contribution in [-0.4, -0.2) is 88.2 Å². The second-order valence-electron chi connectivity index (χ2n) is 10.9. The molecule has 8 nitrogen and oxygen atoms in total. The van der Waals surface area contributed by atoms with Gasteiger partial charge in [0.25, 0.3) is 0 Å². The fourth-order valence-corrected chi connectivity index (χ4v) is 7.10. The molecule has 0 aromatic rings. The molecule has 4 aliphatic heterocycles. The lowest BCUT2D eigenvalue weighted by Gasteiger charge is -2.45. The molecule has 0 aliphatic carbocycles. The van der Waals surface area contributed by atoms with Gasteiger partial charge in [-0.3, -0.25) is 4.79 Å². The summed E-state index contributed by atoms with van der Waals surface area (Å²) in [5.41, 5.74) is -0.654. The van der Waals surface area contributed by atoms with Gasteiger partial charge in [-0.2, -0.15) is 0 Å². The Bertz CT molecular complexity index is 724. The zero-order valence-corrected chi connectivity index (χ0v) is 21.3. The molecular weight excluding hydrogens is 456 g/mol. The van der Waals surface area contributed by atoms with Gasteiger partial charge in [-0.15, -0.1) is 11.8 Å². The number of hydrogen-bond donors (Lipinski definition) is 5. The maximum atomic E-state index is 13.5. The number of allylic oxidation sites excluding steroid dienone is 1. The molecule has 0 aromatic carbocycles. The number of thioether (sulfide) groups is 1. The van der Waals surface area contributed by atoms with E-state index in [1.54, 1.807) is 0 Å². The van der Waals surface area contributed by atoms with Gasteiger partial charge in [-0.05, 0) is 55.1 Å². The SMILES string of the molecule is CC(C)C[C@@H]1CCO[C@@H]2[C@H](CN[C@@H]2C(=O)N[C@H]2C3OC(SCC/C=C/[C@@H]2C)C(O)C(O)C3O)C1. The quantitative estimate of drug-likeness (QED) is 0.365. The van der Waals surface area contributed by atoms with Crippen molar-refractivity contribution in [2.45, 2.75) is 94.5 Å². The van der Waals surface area contributed by atoms with Crippen molar-refractivity contribution in [1.29, 1.82) is 0 Å². The maximum Gasteiger partial charge on any atom is 0.240 e. The molecule has 4 aliphatic rings. The highest BCUT2D eigenvalue weighted by Crippen LogP contribution is 2.35. The first-order valence-electron chi connectivity index (χ1n) is 12.9.